The fraction of sp³-hybridized carbons (Fsp3) is 0.167. The second-order valence-electron chi connectivity index (χ2n) is 3.96. The van der Waals surface area contributed by atoms with Gasteiger partial charge in [0.25, 0.3) is 10.0 Å². The zero-order chi connectivity index (χ0) is 14.9. The van der Waals surface area contributed by atoms with Crippen LogP contribution in [0.25, 0.3) is 0 Å². The van der Waals surface area contributed by atoms with E-state index in [9.17, 15) is 8.42 Å². The Balaban J connectivity index is 2.38. The molecule has 1 aromatic carbocycles. The van der Waals surface area contributed by atoms with E-state index in [0.717, 1.165) is 13.1 Å². The van der Waals surface area contributed by atoms with Gasteiger partial charge in [-0.15, -0.1) is 11.3 Å². The topological polar surface area (TPSA) is 55.4 Å². The van der Waals surface area contributed by atoms with Gasteiger partial charge in [0.1, 0.15) is 10.6 Å². The molecule has 0 aliphatic rings. The van der Waals surface area contributed by atoms with Crippen LogP contribution < -0.4 is 9.46 Å². The molecule has 2 aromatic rings. The quantitative estimate of drug-likeness (QED) is 0.766. The zero-order valence-electron chi connectivity index (χ0n) is 10.6. The first-order valence-electron chi connectivity index (χ1n) is 5.45. The lowest BCUT2D eigenvalue weighted by atomic mass is 10.3. The lowest BCUT2D eigenvalue weighted by molar-refractivity contribution is 0.415. The van der Waals surface area contributed by atoms with Gasteiger partial charge in [-0.2, -0.15) is 0 Å². The average molecular weight is 441 g/mol. The van der Waals surface area contributed by atoms with Crippen molar-refractivity contribution in [2.75, 3.05) is 11.8 Å². The molecule has 0 atom stereocenters. The number of methoxy groups -OCH3 is 1. The van der Waals surface area contributed by atoms with Crippen molar-refractivity contribution in [1.29, 1.82) is 0 Å². The van der Waals surface area contributed by atoms with Crippen molar-refractivity contribution in [3.63, 3.8) is 0 Å². The third-order valence-electron chi connectivity index (χ3n) is 2.49. The highest BCUT2D eigenvalue weighted by Gasteiger charge is 2.20. The van der Waals surface area contributed by atoms with Crippen LogP contribution in [0.4, 0.5) is 5.69 Å². The summed E-state index contributed by atoms with van der Waals surface area (Å²) in [5, 5.41) is 0. The summed E-state index contributed by atoms with van der Waals surface area (Å²) >= 11 is 7.99. The molecule has 0 aliphatic heterocycles. The third kappa shape index (κ3) is 3.55. The summed E-state index contributed by atoms with van der Waals surface area (Å²) in [6.07, 6.45) is 0. The van der Waals surface area contributed by atoms with Gasteiger partial charge in [0.15, 0.2) is 0 Å². The Morgan fingerprint density at radius 1 is 1.20 bits per heavy atom. The Hall–Kier alpha value is -0.570. The second-order valence-corrected chi connectivity index (χ2v) is 9.16. The Morgan fingerprint density at radius 3 is 2.45 bits per heavy atom. The summed E-state index contributed by atoms with van der Waals surface area (Å²) in [7, 11) is -2.08. The van der Waals surface area contributed by atoms with E-state index in [1.807, 2.05) is 0 Å². The van der Waals surface area contributed by atoms with Crippen molar-refractivity contribution in [3.8, 4) is 5.75 Å². The lowest BCUT2D eigenvalue weighted by Gasteiger charge is -2.09. The molecule has 0 fully saturated rings. The molecule has 1 heterocycles. The predicted octanol–water partition coefficient (Wildman–Crippen LogP) is 4.39. The molecule has 108 valence electrons. The summed E-state index contributed by atoms with van der Waals surface area (Å²) in [6.45, 7) is 1.77. The molecule has 0 radical (unpaired) electrons. The normalized spacial score (nSPS) is 11.4. The van der Waals surface area contributed by atoms with Crippen molar-refractivity contribution in [2.45, 2.75) is 11.8 Å². The Labute approximate surface area is 138 Å². The van der Waals surface area contributed by atoms with Gasteiger partial charge in [-0.05, 0) is 41.1 Å². The van der Waals surface area contributed by atoms with Crippen LogP contribution >= 0.6 is 43.2 Å². The molecule has 1 aromatic heterocycles. The highest BCUT2D eigenvalue weighted by Crippen LogP contribution is 2.32. The number of halogens is 2. The molecule has 8 heteroatoms. The van der Waals surface area contributed by atoms with Crippen LogP contribution in [0.2, 0.25) is 0 Å². The summed E-state index contributed by atoms with van der Waals surface area (Å²) in [5.74, 6) is 0.570. The van der Waals surface area contributed by atoms with E-state index in [1.54, 1.807) is 31.2 Å². The molecule has 0 saturated carbocycles. The molecule has 0 saturated heterocycles. The van der Waals surface area contributed by atoms with E-state index in [-0.39, 0.29) is 4.90 Å². The number of anilines is 1. The maximum Gasteiger partial charge on any atom is 0.263 e. The van der Waals surface area contributed by atoms with Crippen molar-refractivity contribution in [3.05, 3.63) is 37.4 Å². The molecule has 0 spiro atoms. The molecule has 0 bridgehead atoms. The zero-order valence-corrected chi connectivity index (χ0v) is 15.4. The maximum atomic E-state index is 12.4. The molecule has 0 amide bonds. The van der Waals surface area contributed by atoms with Gasteiger partial charge < -0.3 is 4.74 Å². The Kier molecular flexibility index (Phi) is 4.78. The van der Waals surface area contributed by atoms with E-state index in [0.29, 0.717) is 11.4 Å². The van der Waals surface area contributed by atoms with Crippen LogP contribution in [0.1, 0.15) is 4.88 Å². The molecule has 1 N–H and O–H groups in total. The summed E-state index contributed by atoms with van der Waals surface area (Å²) < 4.78 is 33.9. The Morgan fingerprint density at radius 2 is 1.90 bits per heavy atom. The second kappa shape index (κ2) is 6.05. The minimum Gasteiger partial charge on any atom is -0.497 e. The van der Waals surface area contributed by atoms with Crippen molar-refractivity contribution >= 4 is 58.9 Å². The molecule has 0 aliphatic carbocycles. The van der Waals surface area contributed by atoms with E-state index < -0.39 is 10.0 Å². The van der Waals surface area contributed by atoms with E-state index >= 15 is 0 Å². The van der Waals surface area contributed by atoms with Crippen molar-refractivity contribution in [2.24, 2.45) is 0 Å². The highest BCUT2D eigenvalue weighted by atomic mass is 79.9. The highest BCUT2D eigenvalue weighted by molar-refractivity contribution is 9.11. The van der Waals surface area contributed by atoms with Crippen LogP contribution in [0, 0.1) is 6.92 Å². The van der Waals surface area contributed by atoms with Gasteiger partial charge in [-0.3, -0.25) is 4.72 Å². The first kappa shape index (κ1) is 15.8. The fourth-order valence-electron chi connectivity index (χ4n) is 1.65. The number of rotatable bonds is 4. The van der Waals surface area contributed by atoms with Gasteiger partial charge >= 0.3 is 0 Å². The predicted molar refractivity (Wildman–Crippen MR) is 88.3 cm³/mol. The van der Waals surface area contributed by atoms with Gasteiger partial charge in [0, 0.05) is 15.4 Å². The van der Waals surface area contributed by atoms with Crippen molar-refractivity contribution < 1.29 is 13.2 Å². The van der Waals surface area contributed by atoms with Crippen LogP contribution in [-0.4, -0.2) is 15.5 Å². The number of hydrogen-bond acceptors (Lipinski definition) is 4. The first-order valence-corrected chi connectivity index (χ1v) is 9.34. The van der Waals surface area contributed by atoms with Gasteiger partial charge in [-0.1, -0.05) is 15.9 Å². The molecular weight excluding hydrogens is 430 g/mol. The molecule has 2 rings (SSSR count). The number of sulfonamides is 1. The summed E-state index contributed by atoms with van der Waals surface area (Å²) in [5.41, 5.74) is 0.443. The number of aryl methyl sites for hydroxylation is 1. The largest absolute Gasteiger partial charge is 0.497 e. The van der Waals surface area contributed by atoms with Crippen LogP contribution in [-0.2, 0) is 10.0 Å². The molecule has 4 nitrogen and oxygen atoms in total. The van der Waals surface area contributed by atoms with Gasteiger partial charge in [-0.25, -0.2) is 8.42 Å². The Bertz CT molecular complexity index is 741. The van der Waals surface area contributed by atoms with Crippen LogP contribution in [0.15, 0.2) is 37.4 Å². The molecule has 0 unspecified atom stereocenters. The average Bonchev–Trinajstić information content (AvgIpc) is 2.67. The van der Waals surface area contributed by atoms with Crippen LogP contribution in [0.3, 0.4) is 0 Å². The maximum absolute atomic E-state index is 12.4. The van der Waals surface area contributed by atoms with Crippen molar-refractivity contribution in [1.82, 2.24) is 0 Å². The number of benzene rings is 1. The fourth-order valence-corrected chi connectivity index (χ4v) is 5.58. The minimum atomic E-state index is -3.61. The number of thiophene rings is 1. The van der Waals surface area contributed by atoms with E-state index in [2.05, 4.69) is 36.6 Å². The standard InChI is InChI=1S/C12H11Br2NO3S2/c1-7-11(6-12(14)19-7)20(16,17)15-9-3-8(13)4-10(5-9)18-2/h3-6,15H,1-2H3. The van der Waals surface area contributed by atoms with Crippen LogP contribution in [0.5, 0.6) is 5.75 Å². The molecular formula is C12H11Br2NO3S2. The monoisotopic (exact) mass is 439 g/mol. The SMILES string of the molecule is COc1cc(Br)cc(NS(=O)(=O)c2cc(Br)sc2C)c1. The first-order chi connectivity index (χ1) is 9.31. The van der Waals surface area contributed by atoms with E-state index in [1.165, 1.54) is 18.4 Å². The summed E-state index contributed by atoms with van der Waals surface area (Å²) in [6, 6.07) is 6.65. The number of hydrogen-bond donors (Lipinski definition) is 1. The smallest absolute Gasteiger partial charge is 0.263 e. The molecule has 20 heavy (non-hydrogen) atoms. The van der Waals surface area contributed by atoms with Gasteiger partial charge in [0.05, 0.1) is 16.6 Å². The lowest BCUT2D eigenvalue weighted by Crippen LogP contribution is -2.13. The van der Waals surface area contributed by atoms with E-state index in [4.69, 9.17) is 4.74 Å². The number of nitrogens with one attached hydrogen (secondary N) is 1. The number of ether oxygens (including phenoxy) is 1. The minimum absolute atomic E-state index is 0.272. The third-order valence-corrected chi connectivity index (χ3v) is 6.14. The summed E-state index contributed by atoms with van der Waals surface area (Å²) in [4.78, 5) is 1.000. The van der Waals surface area contributed by atoms with Gasteiger partial charge in [0.2, 0.25) is 0 Å².